The van der Waals surface area contributed by atoms with E-state index in [4.69, 9.17) is 9.84 Å². The maximum absolute atomic E-state index is 13.7. The number of nitrogens with zero attached hydrogens (tertiary/aromatic N) is 1. The van der Waals surface area contributed by atoms with E-state index < -0.39 is 39.8 Å². The molecule has 3 rings (SSSR count). The van der Waals surface area contributed by atoms with Gasteiger partial charge in [0.1, 0.15) is 12.0 Å². The molecule has 0 fully saturated rings. The molecule has 1 heterocycles. The topological polar surface area (TPSA) is 151 Å². The number of aryl methyl sites for hydroxylation is 1. The van der Waals surface area contributed by atoms with Crippen molar-refractivity contribution in [1.29, 1.82) is 0 Å². The fourth-order valence-corrected chi connectivity index (χ4v) is 7.59. The Morgan fingerprint density at radius 3 is 2.48 bits per heavy atom. The summed E-state index contributed by atoms with van der Waals surface area (Å²) in [4.78, 5) is 35.6. The molecule has 0 bridgehead atoms. The van der Waals surface area contributed by atoms with Crippen LogP contribution in [-0.2, 0) is 24.2 Å². The number of nitrogens with one attached hydrogen (secondary N) is 2. The first kappa shape index (κ1) is 30.9. The van der Waals surface area contributed by atoms with Crippen LogP contribution in [0.4, 0.5) is 10.5 Å². The standard InChI is InChI=1S/C27H29N3O7S3/c1-16-8-6-11-20(29-22(31)14-23(32)33)24(16)17-9-7-10-19(12-17)40(35,36)21-13-18(39-25(21)38-5)15-28-30-26(34)37-27(2,3)4/h6-13,15H,14H2,1-5H3,(H,29,31)(H,30,34)(H,32,33). The minimum atomic E-state index is -3.97. The minimum Gasteiger partial charge on any atom is -0.481 e. The summed E-state index contributed by atoms with van der Waals surface area (Å²) in [5, 5.41) is 15.4. The average Bonchev–Trinajstić information content (AvgIpc) is 3.27. The van der Waals surface area contributed by atoms with E-state index >= 15 is 0 Å². The van der Waals surface area contributed by atoms with E-state index in [0.29, 0.717) is 25.9 Å². The van der Waals surface area contributed by atoms with Gasteiger partial charge in [0.25, 0.3) is 0 Å². The number of benzene rings is 2. The molecule has 0 unspecified atom stereocenters. The van der Waals surface area contributed by atoms with Crippen molar-refractivity contribution in [2.24, 2.45) is 5.10 Å². The zero-order valence-electron chi connectivity index (χ0n) is 22.5. The summed E-state index contributed by atoms with van der Waals surface area (Å²) in [6.45, 7) is 6.98. The minimum absolute atomic E-state index is 0.0412. The van der Waals surface area contributed by atoms with Gasteiger partial charge in [-0.25, -0.2) is 18.6 Å². The molecule has 0 radical (unpaired) electrons. The van der Waals surface area contributed by atoms with E-state index in [1.807, 2.05) is 13.0 Å². The zero-order chi connectivity index (χ0) is 29.7. The maximum Gasteiger partial charge on any atom is 0.428 e. The Kier molecular flexibility index (Phi) is 9.77. The molecule has 2 amide bonds. The van der Waals surface area contributed by atoms with Crippen LogP contribution in [0.15, 0.2) is 67.6 Å². The Labute approximate surface area is 240 Å². The van der Waals surface area contributed by atoms with Crippen molar-refractivity contribution < 1.29 is 32.6 Å². The van der Waals surface area contributed by atoms with Gasteiger partial charge in [0.05, 0.1) is 20.2 Å². The SMILES string of the molecule is CSc1sc(C=NNC(=O)OC(C)(C)C)cc1S(=O)(=O)c1cccc(-c2c(C)cccc2NC(=O)CC(=O)O)c1. The highest BCUT2D eigenvalue weighted by Gasteiger charge is 2.25. The highest BCUT2D eigenvalue weighted by Crippen LogP contribution is 2.38. The van der Waals surface area contributed by atoms with Crippen molar-refractivity contribution in [3.8, 4) is 11.1 Å². The number of sulfone groups is 1. The van der Waals surface area contributed by atoms with Crippen LogP contribution in [0.2, 0.25) is 0 Å². The van der Waals surface area contributed by atoms with Crippen molar-refractivity contribution in [3.63, 3.8) is 0 Å². The molecule has 40 heavy (non-hydrogen) atoms. The number of carboxylic acids is 1. The summed E-state index contributed by atoms with van der Waals surface area (Å²) in [5.74, 6) is -1.95. The second kappa shape index (κ2) is 12.7. The maximum atomic E-state index is 13.7. The summed E-state index contributed by atoms with van der Waals surface area (Å²) in [7, 11) is -3.97. The summed E-state index contributed by atoms with van der Waals surface area (Å²) in [5.41, 5.74) is 3.82. The Balaban J connectivity index is 1.95. The molecule has 0 spiro atoms. The van der Waals surface area contributed by atoms with Crippen molar-refractivity contribution in [2.75, 3.05) is 11.6 Å². The van der Waals surface area contributed by atoms with Crippen molar-refractivity contribution in [2.45, 2.75) is 53.7 Å². The number of aliphatic carboxylic acids is 1. The van der Waals surface area contributed by atoms with Gasteiger partial charge in [-0.3, -0.25) is 9.59 Å². The van der Waals surface area contributed by atoms with Crippen LogP contribution in [0.3, 0.4) is 0 Å². The van der Waals surface area contributed by atoms with Crippen molar-refractivity contribution in [1.82, 2.24) is 5.43 Å². The Bertz CT molecular complexity index is 1570. The first-order valence-corrected chi connectivity index (χ1v) is 15.4. The van der Waals surface area contributed by atoms with Gasteiger partial charge in [-0.1, -0.05) is 24.3 Å². The quantitative estimate of drug-likeness (QED) is 0.125. The average molecular weight is 604 g/mol. The molecule has 0 atom stereocenters. The molecule has 13 heteroatoms. The lowest BCUT2D eigenvalue weighted by molar-refractivity contribution is -0.139. The van der Waals surface area contributed by atoms with Gasteiger partial charge in [0.15, 0.2) is 0 Å². The van der Waals surface area contributed by atoms with Crippen LogP contribution in [0, 0.1) is 6.92 Å². The van der Waals surface area contributed by atoms with Crippen LogP contribution >= 0.6 is 23.1 Å². The number of anilines is 1. The fraction of sp³-hybridized carbons (Fsp3) is 0.259. The Morgan fingerprint density at radius 1 is 1.12 bits per heavy atom. The molecule has 0 saturated heterocycles. The first-order valence-electron chi connectivity index (χ1n) is 11.9. The monoisotopic (exact) mass is 603 g/mol. The lowest BCUT2D eigenvalue weighted by Crippen LogP contribution is -2.29. The number of ether oxygens (including phenoxy) is 1. The number of thiophene rings is 1. The molecule has 3 N–H and O–H groups in total. The molecule has 0 saturated carbocycles. The van der Waals surface area contributed by atoms with Crippen molar-refractivity contribution >= 4 is 62.8 Å². The molecule has 0 aliphatic carbocycles. The number of hydrogen-bond acceptors (Lipinski definition) is 9. The molecule has 10 nitrogen and oxygen atoms in total. The number of rotatable bonds is 9. The van der Waals surface area contributed by atoms with E-state index in [-0.39, 0.29) is 9.79 Å². The third-order valence-corrected chi connectivity index (χ3v) is 9.44. The molecule has 0 aliphatic rings. The van der Waals surface area contributed by atoms with Gasteiger partial charge in [-0.05, 0) is 69.3 Å². The lowest BCUT2D eigenvalue weighted by atomic mass is 9.98. The van der Waals surface area contributed by atoms with Gasteiger partial charge in [-0.15, -0.1) is 23.1 Å². The molecule has 0 aliphatic heterocycles. The molecule has 1 aromatic heterocycles. The summed E-state index contributed by atoms with van der Waals surface area (Å²) >= 11 is 2.48. The summed E-state index contributed by atoms with van der Waals surface area (Å²) in [6, 6.07) is 13.0. The van der Waals surface area contributed by atoms with E-state index in [2.05, 4.69) is 15.8 Å². The van der Waals surface area contributed by atoms with Crippen LogP contribution in [-0.4, -0.2) is 49.6 Å². The number of carbonyl (C=O) groups excluding carboxylic acids is 2. The van der Waals surface area contributed by atoms with Crippen LogP contribution in [0.25, 0.3) is 11.1 Å². The van der Waals surface area contributed by atoms with Gasteiger partial charge < -0.3 is 15.2 Å². The van der Waals surface area contributed by atoms with Crippen LogP contribution in [0.5, 0.6) is 0 Å². The largest absolute Gasteiger partial charge is 0.481 e. The second-order valence-electron chi connectivity index (χ2n) is 9.52. The fourth-order valence-electron chi connectivity index (χ4n) is 3.65. The smallest absolute Gasteiger partial charge is 0.428 e. The molecular formula is C27H29N3O7S3. The second-order valence-corrected chi connectivity index (χ2v) is 13.6. The molecule has 3 aromatic rings. The summed E-state index contributed by atoms with van der Waals surface area (Å²) < 4.78 is 33.2. The van der Waals surface area contributed by atoms with E-state index in [1.54, 1.807) is 51.3 Å². The van der Waals surface area contributed by atoms with Gasteiger partial charge in [-0.2, -0.15) is 5.10 Å². The lowest BCUT2D eigenvalue weighted by Gasteiger charge is -2.18. The molecule has 2 aromatic carbocycles. The number of carboxylic acid groups (broad SMARTS) is 1. The third kappa shape index (κ3) is 7.93. The van der Waals surface area contributed by atoms with Crippen molar-refractivity contribution in [3.05, 3.63) is 59.0 Å². The van der Waals surface area contributed by atoms with Crippen LogP contribution in [0.1, 0.15) is 37.6 Å². The van der Waals surface area contributed by atoms with Gasteiger partial charge in [0.2, 0.25) is 15.7 Å². The number of hydrogen-bond donors (Lipinski definition) is 3. The molecular weight excluding hydrogens is 575 g/mol. The number of thioether (sulfide) groups is 1. The van der Waals surface area contributed by atoms with Crippen LogP contribution < -0.4 is 10.7 Å². The number of hydrazone groups is 1. The highest BCUT2D eigenvalue weighted by molar-refractivity contribution is 8.01. The van der Waals surface area contributed by atoms with Gasteiger partial charge >= 0.3 is 12.1 Å². The number of amides is 2. The Hall–Kier alpha value is -3.68. The van der Waals surface area contributed by atoms with Gasteiger partial charge in [0, 0.05) is 16.1 Å². The van der Waals surface area contributed by atoms with E-state index in [9.17, 15) is 22.8 Å². The zero-order valence-corrected chi connectivity index (χ0v) is 24.9. The Morgan fingerprint density at radius 2 is 1.82 bits per heavy atom. The van der Waals surface area contributed by atoms with E-state index in [1.165, 1.54) is 47.5 Å². The predicted octanol–water partition coefficient (Wildman–Crippen LogP) is 5.55. The predicted molar refractivity (Wildman–Crippen MR) is 156 cm³/mol. The van der Waals surface area contributed by atoms with E-state index in [0.717, 1.165) is 5.56 Å². The third-order valence-electron chi connectivity index (χ3n) is 5.20. The first-order chi connectivity index (χ1) is 18.7. The summed E-state index contributed by atoms with van der Waals surface area (Å²) in [6.07, 6.45) is 1.69. The molecule has 212 valence electrons. The highest BCUT2D eigenvalue weighted by atomic mass is 32.2. The number of carbonyl (C=O) groups is 3. The normalized spacial score (nSPS) is 11.8.